The first-order chi connectivity index (χ1) is 13.5. The summed E-state index contributed by atoms with van der Waals surface area (Å²) in [5, 5.41) is 1.59. The zero-order valence-electron chi connectivity index (χ0n) is 15.3. The normalized spacial score (nSPS) is 17.1. The number of ether oxygens (including phenoxy) is 2. The van der Waals surface area contributed by atoms with Crippen molar-refractivity contribution in [3.05, 3.63) is 59.9 Å². The van der Waals surface area contributed by atoms with Gasteiger partial charge in [0.25, 0.3) is 5.24 Å². The van der Waals surface area contributed by atoms with E-state index in [1.165, 1.54) is 6.92 Å². The number of hydrogen-bond acceptors (Lipinski definition) is 7. The SMILES string of the molecule is CC(=O)OCC(COc1ccc(CC2SC(=O)NC2=O)cc1)c1ccccn1. The molecule has 0 aliphatic carbocycles. The first-order valence-electron chi connectivity index (χ1n) is 8.79. The number of carbonyl (C=O) groups excluding carboxylic acids is 3. The lowest BCUT2D eigenvalue weighted by molar-refractivity contribution is -0.141. The minimum atomic E-state index is -0.392. The minimum Gasteiger partial charge on any atom is -0.493 e. The van der Waals surface area contributed by atoms with E-state index in [0.717, 1.165) is 23.0 Å². The van der Waals surface area contributed by atoms with Crippen molar-refractivity contribution >= 4 is 28.9 Å². The van der Waals surface area contributed by atoms with Crippen LogP contribution >= 0.6 is 11.8 Å². The highest BCUT2D eigenvalue weighted by Crippen LogP contribution is 2.24. The number of esters is 1. The van der Waals surface area contributed by atoms with Gasteiger partial charge in [-0.1, -0.05) is 30.0 Å². The maximum atomic E-state index is 11.7. The van der Waals surface area contributed by atoms with Gasteiger partial charge < -0.3 is 9.47 Å². The van der Waals surface area contributed by atoms with Crippen molar-refractivity contribution < 1.29 is 23.9 Å². The number of amides is 2. The Balaban J connectivity index is 1.58. The Morgan fingerprint density at radius 2 is 1.96 bits per heavy atom. The first kappa shape index (κ1) is 19.9. The van der Waals surface area contributed by atoms with Crippen LogP contribution in [0.3, 0.4) is 0 Å². The Bertz CT molecular complexity index is 841. The summed E-state index contributed by atoms with van der Waals surface area (Å²) in [5.74, 6) is -0.127. The molecule has 0 saturated carbocycles. The van der Waals surface area contributed by atoms with E-state index in [-0.39, 0.29) is 29.6 Å². The quantitative estimate of drug-likeness (QED) is 0.681. The number of aromatic nitrogens is 1. The molecule has 0 bridgehead atoms. The standard InChI is InChI=1S/C20H20N2O5S/c1-13(23)26-11-15(17-4-2-3-9-21-17)12-27-16-7-5-14(6-8-16)10-18-19(24)22-20(25)28-18/h2-9,15,18H,10-12H2,1H3,(H,22,24,25). The third kappa shape index (κ3) is 5.56. The average molecular weight is 400 g/mol. The predicted molar refractivity (Wildman–Crippen MR) is 104 cm³/mol. The number of benzene rings is 1. The van der Waals surface area contributed by atoms with Gasteiger partial charge in [-0.05, 0) is 36.2 Å². The summed E-state index contributed by atoms with van der Waals surface area (Å²) in [6, 6.07) is 12.9. The van der Waals surface area contributed by atoms with Crippen LogP contribution in [0.1, 0.15) is 24.1 Å². The van der Waals surface area contributed by atoms with Gasteiger partial charge >= 0.3 is 5.97 Å². The highest BCUT2D eigenvalue weighted by molar-refractivity contribution is 8.15. The molecule has 1 aromatic carbocycles. The number of hydrogen-bond donors (Lipinski definition) is 1. The third-order valence-corrected chi connectivity index (χ3v) is 5.14. The van der Waals surface area contributed by atoms with E-state index in [1.54, 1.807) is 6.20 Å². The summed E-state index contributed by atoms with van der Waals surface area (Å²) < 4.78 is 11.0. The second-order valence-corrected chi connectivity index (χ2v) is 7.47. The summed E-state index contributed by atoms with van der Waals surface area (Å²) in [7, 11) is 0. The Kier molecular flexibility index (Phi) is 6.65. The van der Waals surface area contributed by atoms with E-state index < -0.39 is 5.25 Å². The Morgan fingerprint density at radius 3 is 2.57 bits per heavy atom. The molecule has 28 heavy (non-hydrogen) atoms. The molecule has 1 aromatic heterocycles. The molecule has 3 rings (SSSR count). The fourth-order valence-electron chi connectivity index (χ4n) is 2.71. The number of rotatable bonds is 8. The molecule has 2 aromatic rings. The number of nitrogens with one attached hydrogen (secondary N) is 1. The van der Waals surface area contributed by atoms with Crippen LogP contribution in [-0.2, 0) is 20.7 Å². The lowest BCUT2D eigenvalue weighted by Crippen LogP contribution is -2.25. The Morgan fingerprint density at radius 1 is 1.18 bits per heavy atom. The maximum Gasteiger partial charge on any atom is 0.302 e. The maximum absolute atomic E-state index is 11.7. The molecule has 1 aliphatic heterocycles. The van der Waals surface area contributed by atoms with E-state index >= 15 is 0 Å². The van der Waals surface area contributed by atoms with Gasteiger partial charge in [0.05, 0.1) is 23.5 Å². The summed E-state index contributed by atoms with van der Waals surface area (Å²) in [6.45, 7) is 1.86. The number of nitrogens with zero attached hydrogens (tertiary/aromatic N) is 1. The molecule has 1 saturated heterocycles. The molecule has 0 spiro atoms. The zero-order valence-corrected chi connectivity index (χ0v) is 16.1. The van der Waals surface area contributed by atoms with Crippen molar-refractivity contribution in [2.24, 2.45) is 0 Å². The third-order valence-electron chi connectivity index (χ3n) is 4.16. The number of imide groups is 1. The number of pyridine rings is 1. The molecule has 146 valence electrons. The van der Waals surface area contributed by atoms with Crippen LogP contribution in [-0.4, -0.2) is 40.6 Å². The topological polar surface area (TPSA) is 94.6 Å². The molecular formula is C20H20N2O5S. The molecule has 2 heterocycles. The van der Waals surface area contributed by atoms with Crippen molar-refractivity contribution in [1.82, 2.24) is 10.3 Å². The van der Waals surface area contributed by atoms with E-state index in [9.17, 15) is 14.4 Å². The molecule has 1 N–H and O–H groups in total. The summed E-state index contributed by atoms with van der Waals surface area (Å²) in [6.07, 6.45) is 2.17. The molecule has 1 fully saturated rings. The van der Waals surface area contributed by atoms with Gasteiger partial charge in [-0.25, -0.2) is 0 Å². The average Bonchev–Trinajstić information content (AvgIpc) is 3.00. The summed E-state index contributed by atoms with van der Waals surface area (Å²) in [5.41, 5.74) is 1.73. The molecule has 2 amide bonds. The minimum absolute atomic E-state index is 0.186. The van der Waals surface area contributed by atoms with Gasteiger partial charge in [0.1, 0.15) is 12.4 Å². The second kappa shape index (κ2) is 9.36. The van der Waals surface area contributed by atoms with Crippen molar-refractivity contribution in [3.8, 4) is 5.75 Å². The zero-order chi connectivity index (χ0) is 19.9. The van der Waals surface area contributed by atoms with Crippen LogP contribution in [0.5, 0.6) is 5.75 Å². The molecule has 2 atom stereocenters. The number of thioether (sulfide) groups is 1. The molecule has 1 aliphatic rings. The van der Waals surface area contributed by atoms with E-state index in [0.29, 0.717) is 18.8 Å². The van der Waals surface area contributed by atoms with Gasteiger partial charge in [0.15, 0.2) is 0 Å². The van der Waals surface area contributed by atoms with Gasteiger partial charge in [-0.3, -0.25) is 24.7 Å². The summed E-state index contributed by atoms with van der Waals surface area (Å²) >= 11 is 1.01. The fraction of sp³-hybridized carbons (Fsp3) is 0.300. The Labute approximate surface area is 166 Å². The van der Waals surface area contributed by atoms with Crippen LogP contribution in [0, 0.1) is 0 Å². The first-order valence-corrected chi connectivity index (χ1v) is 9.66. The van der Waals surface area contributed by atoms with E-state index in [4.69, 9.17) is 9.47 Å². The largest absolute Gasteiger partial charge is 0.493 e. The van der Waals surface area contributed by atoms with Crippen LogP contribution in [0.15, 0.2) is 48.7 Å². The van der Waals surface area contributed by atoms with Gasteiger partial charge in [0, 0.05) is 13.1 Å². The van der Waals surface area contributed by atoms with Crippen molar-refractivity contribution in [2.75, 3.05) is 13.2 Å². The highest BCUT2D eigenvalue weighted by Gasteiger charge is 2.31. The van der Waals surface area contributed by atoms with E-state index in [1.807, 2.05) is 42.5 Å². The van der Waals surface area contributed by atoms with Crippen molar-refractivity contribution in [2.45, 2.75) is 24.5 Å². The second-order valence-electron chi connectivity index (χ2n) is 6.30. The fourth-order valence-corrected chi connectivity index (χ4v) is 3.57. The Hall–Kier alpha value is -2.87. The van der Waals surface area contributed by atoms with Crippen LogP contribution < -0.4 is 10.1 Å². The molecule has 7 nitrogen and oxygen atoms in total. The number of carbonyl (C=O) groups is 3. The van der Waals surface area contributed by atoms with Crippen molar-refractivity contribution in [3.63, 3.8) is 0 Å². The highest BCUT2D eigenvalue weighted by atomic mass is 32.2. The molecule has 0 radical (unpaired) electrons. The van der Waals surface area contributed by atoms with Gasteiger partial charge in [-0.2, -0.15) is 0 Å². The smallest absolute Gasteiger partial charge is 0.302 e. The van der Waals surface area contributed by atoms with Crippen LogP contribution in [0.25, 0.3) is 0 Å². The van der Waals surface area contributed by atoms with Gasteiger partial charge in [0.2, 0.25) is 5.91 Å². The molecule has 2 unspecified atom stereocenters. The monoisotopic (exact) mass is 400 g/mol. The van der Waals surface area contributed by atoms with Crippen LogP contribution in [0.2, 0.25) is 0 Å². The summed E-state index contributed by atoms with van der Waals surface area (Å²) in [4.78, 5) is 38.4. The van der Waals surface area contributed by atoms with Gasteiger partial charge in [-0.15, -0.1) is 0 Å². The lowest BCUT2D eigenvalue weighted by Gasteiger charge is -2.17. The van der Waals surface area contributed by atoms with E-state index in [2.05, 4.69) is 10.3 Å². The lowest BCUT2D eigenvalue weighted by atomic mass is 10.1. The van der Waals surface area contributed by atoms with Crippen LogP contribution in [0.4, 0.5) is 4.79 Å². The van der Waals surface area contributed by atoms with Crippen molar-refractivity contribution in [1.29, 1.82) is 0 Å². The molecular weight excluding hydrogens is 380 g/mol. The predicted octanol–water partition coefficient (Wildman–Crippen LogP) is 2.70. The molecule has 8 heteroatoms.